The normalized spacial score (nSPS) is 21.1. The maximum Gasteiger partial charge on any atom is 0.407 e. The number of benzene rings is 1. The highest BCUT2D eigenvalue weighted by molar-refractivity contribution is 6.33. The van der Waals surface area contributed by atoms with Crippen LogP contribution in [0.5, 0.6) is 0 Å². The molecule has 19 heavy (non-hydrogen) atoms. The lowest BCUT2D eigenvalue weighted by atomic mass is 9.80. The number of rotatable bonds is 1. The molecule has 0 aliphatic carbocycles. The van der Waals surface area contributed by atoms with Gasteiger partial charge in [0.25, 0.3) is 0 Å². The maximum atomic E-state index is 14.1. The van der Waals surface area contributed by atoms with Crippen molar-refractivity contribution >= 4 is 41.7 Å². The van der Waals surface area contributed by atoms with Gasteiger partial charge in [0.2, 0.25) is 0 Å². The number of alkyl carbamates (subject to hydrolysis) is 1. The molecule has 106 valence electrons. The molecule has 0 saturated carbocycles. The van der Waals surface area contributed by atoms with Crippen LogP contribution in [0.2, 0.25) is 10.0 Å². The highest BCUT2D eigenvalue weighted by Gasteiger charge is 2.40. The Morgan fingerprint density at radius 1 is 1.37 bits per heavy atom. The number of carbonyl (C=O) groups is 1. The third-order valence-corrected chi connectivity index (χ3v) is 3.61. The second-order valence-corrected chi connectivity index (χ2v) is 5.71. The van der Waals surface area contributed by atoms with Crippen LogP contribution < -0.4 is 5.32 Å². The summed E-state index contributed by atoms with van der Waals surface area (Å²) in [7, 11) is 0. The van der Waals surface area contributed by atoms with Gasteiger partial charge in [-0.25, -0.2) is 9.18 Å². The van der Waals surface area contributed by atoms with E-state index < -0.39 is 23.4 Å². The Morgan fingerprint density at radius 2 is 1.95 bits per heavy atom. The van der Waals surface area contributed by atoms with E-state index in [9.17, 15) is 9.18 Å². The molecular formula is C12H13Cl3FNO2. The molecule has 7 heteroatoms. The minimum absolute atomic E-state index is 0. The molecular weight excluding hydrogens is 315 g/mol. The molecule has 3 nitrogen and oxygen atoms in total. The van der Waals surface area contributed by atoms with Crippen molar-refractivity contribution in [1.29, 1.82) is 0 Å². The van der Waals surface area contributed by atoms with Gasteiger partial charge in [-0.3, -0.25) is 0 Å². The van der Waals surface area contributed by atoms with Crippen molar-refractivity contribution in [1.82, 2.24) is 5.32 Å². The van der Waals surface area contributed by atoms with Crippen molar-refractivity contribution in [3.05, 3.63) is 33.6 Å². The van der Waals surface area contributed by atoms with Crippen LogP contribution in [0.4, 0.5) is 9.18 Å². The number of ether oxygens (including phenoxy) is 1. The zero-order valence-electron chi connectivity index (χ0n) is 10.3. The summed E-state index contributed by atoms with van der Waals surface area (Å²) < 4.78 is 19.0. The Labute approximate surface area is 126 Å². The first-order valence-corrected chi connectivity index (χ1v) is 6.15. The fraction of sp³-hybridized carbons (Fsp3) is 0.417. The summed E-state index contributed by atoms with van der Waals surface area (Å²) in [4.78, 5) is 11.3. The van der Waals surface area contributed by atoms with Gasteiger partial charge in [0.1, 0.15) is 12.4 Å². The smallest absolute Gasteiger partial charge is 0.407 e. The summed E-state index contributed by atoms with van der Waals surface area (Å²) >= 11 is 11.8. The molecule has 0 unspecified atom stereocenters. The van der Waals surface area contributed by atoms with E-state index in [2.05, 4.69) is 5.32 Å². The zero-order valence-corrected chi connectivity index (χ0v) is 12.6. The number of cyclic esters (lactones) is 1. The molecule has 1 aliphatic rings. The van der Waals surface area contributed by atoms with Crippen LogP contribution in [0.25, 0.3) is 0 Å². The lowest BCUT2D eigenvalue weighted by Crippen LogP contribution is -2.47. The zero-order chi connectivity index (χ0) is 13.5. The largest absolute Gasteiger partial charge is 0.449 e. The van der Waals surface area contributed by atoms with E-state index in [1.165, 1.54) is 12.1 Å². The van der Waals surface area contributed by atoms with Crippen LogP contribution >= 0.6 is 35.6 Å². The Kier molecular flexibility index (Phi) is 4.93. The Bertz CT molecular complexity index is 508. The quantitative estimate of drug-likeness (QED) is 0.778. The first kappa shape index (κ1) is 16.3. The van der Waals surface area contributed by atoms with Gasteiger partial charge in [0, 0.05) is 16.0 Å². The van der Waals surface area contributed by atoms with Gasteiger partial charge in [0.15, 0.2) is 0 Å². The molecule has 2 rings (SSSR count). The number of carbonyl (C=O) groups excluding carboxylic acids is 1. The van der Waals surface area contributed by atoms with Gasteiger partial charge in [-0.15, -0.1) is 12.4 Å². The van der Waals surface area contributed by atoms with Crippen LogP contribution in [0.15, 0.2) is 12.1 Å². The second-order valence-electron chi connectivity index (χ2n) is 4.90. The molecule has 1 saturated heterocycles. The third-order valence-electron chi connectivity index (χ3n) is 2.99. The van der Waals surface area contributed by atoms with E-state index in [0.717, 1.165) is 0 Å². The van der Waals surface area contributed by atoms with Crippen molar-refractivity contribution in [2.24, 2.45) is 5.41 Å². The lowest BCUT2D eigenvalue weighted by Gasteiger charge is -2.39. The standard InChI is InChI=1S/C12H12Cl2FNO2.ClH/c1-12(2)5-18-11(17)16-10(12)8-6(13)3-4-7(14)9(8)15;/h3-4,10H,5H2,1-2H3,(H,16,17);1H/t10-;/m1./s1. The van der Waals surface area contributed by atoms with E-state index in [1.54, 1.807) is 0 Å². The number of hydrogen-bond donors (Lipinski definition) is 1. The van der Waals surface area contributed by atoms with Gasteiger partial charge in [0.05, 0.1) is 11.1 Å². The first-order valence-electron chi connectivity index (χ1n) is 5.39. The van der Waals surface area contributed by atoms with Crippen molar-refractivity contribution in [2.75, 3.05) is 6.61 Å². The van der Waals surface area contributed by atoms with Crippen LogP contribution in [-0.4, -0.2) is 12.7 Å². The van der Waals surface area contributed by atoms with E-state index in [1.807, 2.05) is 13.8 Å². The van der Waals surface area contributed by atoms with E-state index in [-0.39, 0.29) is 34.6 Å². The monoisotopic (exact) mass is 327 g/mol. The molecule has 1 aromatic rings. The lowest BCUT2D eigenvalue weighted by molar-refractivity contribution is 0.0378. The molecule has 0 radical (unpaired) electrons. The Morgan fingerprint density at radius 3 is 2.58 bits per heavy atom. The molecule has 1 amide bonds. The number of amides is 1. The number of nitrogens with one attached hydrogen (secondary N) is 1. The van der Waals surface area contributed by atoms with E-state index >= 15 is 0 Å². The van der Waals surface area contributed by atoms with Crippen LogP contribution in [0.1, 0.15) is 25.5 Å². The minimum Gasteiger partial charge on any atom is -0.449 e. The predicted octanol–water partition coefficient (Wildman–Crippen LogP) is 4.36. The predicted molar refractivity (Wildman–Crippen MR) is 74.7 cm³/mol. The van der Waals surface area contributed by atoms with Crippen LogP contribution in [0, 0.1) is 11.2 Å². The fourth-order valence-electron chi connectivity index (χ4n) is 1.96. The minimum atomic E-state index is -0.607. The average Bonchev–Trinajstić information content (AvgIpc) is 2.29. The summed E-state index contributed by atoms with van der Waals surface area (Å²) in [6.45, 7) is 3.90. The maximum absolute atomic E-state index is 14.1. The van der Waals surface area contributed by atoms with Gasteiger partial charge in [-0.1, -0.05) is 37.0 Å². The van der Waals surface area contributed by atoms with E-state index in [4.69, 9.17) is 27.9 Å². The molecule has 1 fully saturated rings. The van der Waals surface area contributed by atoms with Crippen molar-refractivity contribution in [2.45, 2.75) is 19.9 Å². The third kappa shape index (κ3) is 3.07. The molecule has 1 N–H and O–H groups in total. The highest BCUT2D eigenvalue weighted by Crippen LogP contribution is 2.41. The molecule has 1 aromatic carbocycles. The average molecular weight is 329 g/mol. The van der Waals surface area contributed by atoms with Gasteiger partial charge < -0.3 is 10.1 Å². The molecule has 1 atom stereocenters. The second kappa shape index (κ2) is 5.73. The van der Waals surface area contributed by atoms with Crippen LogP contribution in [0.3, 0.4) is 0 Å². The summed E-state index contributed by atoms with van der Waals surface area (Å²) in [6.07, 6.45) is -0.588. The number of hydrogen-bond acceptors (Lipinski definition) is 2. The fourth-order valence-corrected chi connectivity index (χ4v) is 2.38. The molecule has 0 spiro atoms. The van der Waals surface area contributed by atoms with Crippen molar-refractivity contribution in [3.8, 4) is 0 Å². The summed E-state index contributed by atoms with van der Waals surface area (Å²) in [5.41, 5.74) is -0.283. The molecule has 1 aliphatic heterocycles. The molecule has 1 heterocycles. The topological polar surface area (TPSA) is 38.3 Å². The summed E-state index contributed by atoms with van der Waals surface area (Å²) in [5, 5.41) is 2.80. The van der Waals surface area contributed by atoms with Crippen molar-refractivity contribution < 1.29 is 13.9 Å². The van der Waals surface area contributed by atoms with Gasteiger partial charge in [-0.05, 0) is 12.1 Å². The number of halogens is 4. The first-order chi connectivity index (χ1) is 8.33. The van der Waals surface area contributed by atoms with Gasteiger partial charge >= 0.3 is 6.09 Å². The molecule has 0 aromatic heterocycles. The van der Waals surface area contributed by atoms with Crippen LogP contribution in [-0.2, 0) is 4.74 Å². The van der Waals surface area contributed by atoms with Crippen molar-refractivity contribution in [3.63, 3.8) is 0 Å². The Hall–Kier alpha value is -0.710. The summed E-state index contributed by atoms with van der Waals surface area (Å²) in [5.74, 6) is -0.607. The van der Waals surface area contributed by atoms with E-state index in [0.29, 0.717) is 0 Å². The highest BCUT2D eigenvalue weighted by atomic mass is 35.5. The SMILES string of the molecule is CC1(C)COC(=O)N[C@@H]1c1c(Cl)ccc(Cl)c1F.Cl. The summed E-state index contributed by atoms with van der Waals surface area (Å²) in [6, 6.07) is 2.32. The Balaban J connectivity index is 0.00000180. The van der Waals surface area contributed by atoms with Gasteiger partial charge in [-0.2, -0.15) is 0 Å². The molecule has 0 bridgehead atoms.